The first-order valence-electron chi connectivity index (χ1n) is 6.25. The first-order valence-corrected chi connectivity index (χ1v) is 6.25. The van der Waals surface area contributed by atoms with Crippen LogP contribution in [-0.4, -0.2) is 29.0 Å². The summed E-state index contributed by atoms with van der Waals surface area (Å²) in [5, 5.41) is 4.27. The Morgan fingerprint density at radius 3 is 2.56 bits per heavy atom. The molecule has 0 amide bonds. The molecule has 1 aromatic rings. The highest BCUT2D eigenvalue weighted by atomic mass is 16.6. The predicted molar refractivity (Wildman–Crippen MR) is 68.6 cm³/mol. The second-order valence-corrected chi connectivity index (χ2v) is 4.40. The molecule has 0 aliphatic carbocycles. The minimum absolute atomic E-state index is 0.328. The number of aromatic nitrogens is 2. The number of hydrogen-bond donors (Lipinski definition) is 0. The van der Waals surface area contributed by atoms with Gasteiger partial charge in [0.05, 0.1) is 12.8 Å². The van der Waals surface area contributed by atoms with Gasteiger partial charge in [0, 0.05) is 7.05 Å². The number of methoxy groups -OCH3 is 1. The molecule has 5 heteroatoms. The summed E-state index contributed by atoms with van der Waals surface area (Å²) >= 11 is 0. The summed E-state index contributed by atoms with van der Waals surface area (Å²) in [5.74, 6) is 0.357. The van der Waals surface area contributed by atoms with E-state index >= 15 is 0 Å². The minimum Gasteiger partial charge on any atom is -0.475 e. The first-order chi connectivity index (χ1) is 8.51. The van der Waals surface area contributed by atoms with Gasteiger partial charge in [-0.05, 0) is 26.7 Å². The molecule has 1 rings (SSSR count). The van der Waals surface area contributed by atoms with Crippen molar-refractivity contribution in [3.05, 3.63) is 11.4 Å². The molecule has 1 aromatic heterocycles. The molecule has 0 N–H and O–H groups in total. The van der Waals surface area contributed by atoms with Gasteiger partial charge in [0.1, 0.15) is 5.69 Å². The van der Waals surface area contributed by atoms with E-state index in [9.17, 15) is 4.79 Å². The van der Waals surface area contributed by atoms with Gasteiger partial charge in [-0.2, -0.15) is 5.10 Å². The zero-order chi connectivity index (χ0) is 13.7. The number of aryl methyl sites for hydroxylation is 2. The van der Waals surface area contributed by atoms with Crippen molar-refractivity contribution in [2.24, 2.45) is 7.05 Å². The monoisotopic (exact) mass is 254 g/mol. The molecule has 5 nitrogen and oxygen atoms in total. The van der Waals surface area contributed by atoms with E-state index in [-0.39, 0.29) is 5.97 Å². The van der Waals surface area contributed by atoms with Gasteiger partial charge >= 0.3 is 5.97 Å². The number of hydrogen-bond acceptors (Lipinski definition) is 4. The highest BCUT2D eigenvalue weighted by Crippen LogP contribution is 2.24. The topological polar surface area (TPSA) is 53.4 Å². The summed E-state index contributed by atoms with van der Waals surface area (Å²) in [7, 11) is 3.24. The average Bonchev–Trinajstić information content (AvgIpc) is 2.59. The molecule has 0 aromatic carbocycles. The molecule has 0 saturated carbocycles. The summed E-state index contributed by atoms with van der Waals surface area (Å²) in [6.07, 6.45) is 2.06. The number of nitrogens with zero attached hydrogens (tertiary/aromatic N) is 2. The van der Waals surface area contributed by atoms with Crippen LogP contribution in [0.1, 0.15) is 37.6 Å². The van der Waals surface area contributed by atoms with Crippen molar-refractivity contribution in [1.82, 2.24) is 9.78 Å². The molecular formula is C13H22N2O3. The van der Waals surface area contributed by atoms with Gasteiger partial charge in [-0.1, -0.05) is 13.3 Å². The molecule has 0 radical (unpaired) electrons. The van der Waals surface area contributed by atoms with Gasteiger partial charge in [-0.15, -0.1) is 0 Å². The number of unbranched alkanes of at least 4 members (excludes halogenated alkanes) is 1. The second-order valence-electron chi connectivity index (χ2n) is 4.40. The molecule has 18 heavy (non-hydrogen) atoms. The van der Waals surface area contributed by atoms with Gasteiger partial charge < -0.3 is 9.47 Å². The third kappa shape index (κ3) is 3.24. The van der Waals surface area contributed by atoms with Crippen molar-refractivity contribution in [3.63, 3.8) is 0 Å². The number of carbonyl (C=O) groups is 1. The number of esters is 1. The van der Waals surface area contributed by atoms with Crippen molar-refractivity contribution in [2.75, 3.05) is 7.11 Å². The van der Waals surface area contributed by atoms with Crippen LogP contribution in [0, 0.1) is 13.8 Å². The van der Waals surface area contributed by atoms with E-state index < -0.39 is 6.10 Å². The summed E-state index contributed by atoms with van der Waals surface area (Å²) < 4.78 is 12.3. The molecular weight excluding hydrogens is 232 g/mol. The SMILES string of the molecule is CCCCC(Oc1c(C)nn(C)c1C)C(=O)OC. The van der Waals surface area contributed by atoms with Crippen LogP contribution in [0.15, 0.2) is 0 Å². The van der Waals surface area contributed by atoms with E-state index in [4.69, 9.17) is 9.47 Å². The Balaban J connectivity index is 2.85. The van der Waals surface area contributed by atoms with Crippen LogP contribution >= 0.6 is 0 Å². The van der Waals surface area contributed by atoms with Crippen LogP contribution in [-0.2, 0) is 16.6 Å². The Hall–Kier alpha value is -1.52. The molecule has 0 aliphatic rings. The highest BCUT2D eigenvalue weighted by Gasteiger charge is 2.23. The molecule has 0 saturated heterocycles. The van der Waals surface area contributed by atoms with E-state index in [1.807, 2.05) is 20.9 Å². The number of rotatable bonds is 6. The van der Waals surface area contributed by atoms with Gasteiger partial charge in [-0.25, -0.2) is 4.79 Å². The number of carbonyl (C=O) groups excluding carboxylic acids is 1. The van der Waals surface area contributed by atoms with Crippen molar-refractivity contribution in [2.45, 2.75) is 46.1 Å². The predicted octanol–water partition coefficient (Wildman–Crippen LogP) is 2.15. The van der Waals surface area contributed by atoms with Gasteiger partial charge in [0.25, 0.3) is 0 Å². The third-order valence-electron chi connectivity index (χ3n) is 2.99. The van der Waals surface area contributed by atoms with Crippen LogP contribution < -0.4 is 4.74 Å². The Morgan fingerprint density at radius 1 is 1.44 bits per heavy atom. The van der Waals surface area contributed by atoms with E-state index in [2.05, 4.69) is 12.0 Å². The molecule has 1 heterocycles. The summed E-state index contributed by atoms with van der Waals surface area (Å²) in [6.45, 7) is 5.87. The van der Waals surface area contributed by atoms with Crippen LogP contribution in [0.4, 0.5) is 0 Å². The lowest BCUT2D eigenvalue weighted by Crippen LogP contribution is -2.29. The maximum atomic E-state index is 11.7. The van der Waals surface area contributed by atoms with E-state index in [0.29, 0.717) is 12.2 Å². The van der Waals surface area contributed by atoms with E-state index in [0.717, 1.165) is 24.2 Å². The van der Waals surface area contributed by atoms with Gasteiger partial charge in [-0.3, -0.25) is 4.68 Å². The lowest BCUT2D eigenvalue weighted by atomic mass is 10.1. The fraction of sp³-hybridized carbons (Fsp3) is 0.692. The molecule has 0 bridgehead atoms. The largest absolute Gasteiger partial charge is 0.475 e. The van der Waals surface area contributed by atoms with Crippen LogP contribution in [0.2, 0.25) is 0 Å². The van der Waals surface area contributed by atoms with Gasteiger partial charge in [0.15, 0.2) is 11.9 Å². The molecule has 102 valence electrons. The van der Waals surface area contributed by atoms with E-state index in [1.165, 1.54) is 7.11 Å². The third-order valence-corrected chi connectivity index (χ3v) is 2.99. The summed E-state index contributed by atoms with van der Waals surface area (Å²) in [5.41, 5.74) is 1.71. The Morgan fingerprint density at radius 2 is 2.11 bits per heavy atom. The molecule has 0 fully saturated rings. The Labute approximate surface area is 108 Å². The highest BCUT2D eigenvalue weighted by molar-refractivity contribution is 5.75. The maximum Gasteiger partial charge on any atom is 0.347 e. The second kappa shape index (κ2) is 6.42. The zero-order valence-electron chi connectivity index (χ0n) is 11.8. The molecule has 1 atom stereocenters. The van der Waals surface area contributed by atoms with E-state index in [1.54, 1.807) is 4.68 Å². The lowest BCUT2D eigenvalue weighted by Gasteiger charge is -2.16. The zero-order valence-corrected chi connectivity index (χ0v) is 11.8. The van der Waals surface area contributed by atoms with Crippen molar-refractivity contribution in [3.8, 4) is 5.75 Å². The van der Waals surface area contributed by atoms with Crippen molar-refractivity contribution < 1.29 is 14.3 Å². The fourth-order valence-electron chi connectivity index (χ4n) is 1.81. The minimum atomic E-state index is -0.545. The lowest BCUT2D eigenvalue weighted by molar-refractivity contribution is -0.149. The smallest absolute Gasteiger partial charge is 0.347 e. The average molecular weight is 254 g/mol. The Bertz CT molecular complexity index is 413. The van der Waals surface area contributed by atoms with Crippen molar-refractivity contribution >= 4 is 5.97 Å². The summed E-state index contributed by atoms with van der Waals surface area (Å²) in [4.78, 5) is 11.7. The standard InChI is InChI=1S/C13H22N2O3/c1-6-7-8-11(13(16)17-5)18-12-9(2)14-15(4)10(12)3/h11H,6-8H2,1-5H3. The van der Waals surface area contributed by atoms with Crippen LogP contribution in [0.3, 0.4) is 0 Å². The maximum absolute atomic E-state index is 11.7. The molecule has 1 unspecified atom stereocenters. The van der Waals surface area contributed by atoms with Crippen molar-refractivity contribution in [1.29, 1.82) is 0 Å². The van der Waals surface area contributed by atoms with Crippen LogP contribution in [0.5, 0.6) is 5.75 Å². The first kappa shape index (κ1) is 14.5. The fourth-order valence-corrected chi connectivity index (χ4v) is 1.81. The molecule has 0 aliphatic heterocycles. The molecule has 0 spiro atoms. The van der Waals surface area contributed by atoms with Crippen LogP contribution in [0.25, 0.3) is 0 Å². The normalized spacial score (nSPS) is 12.3. The quantitative estimate of drug-likeness (QED) is 0.730. The number of ether oxygens (including phenoxy) is 2. The Kier molecular flexibility index (Phi) is 5.19. The summed E-state index contributed by atoms with van der Waals surface area (Å²) in [6, 6.07) is 0. The van der Waals surface area contributed by atoms with Gasteiger partial charge in [0.2, 0.25) is 0 Å².